The zero-order valence-electron chi connectivity index (χ0n) is 25.4. The van der Waals surface area contributed by atoms with E-state index in [1.807, 2.05) is 0 Å². The SMILES string of the molecule is CC(C)(C)[Si](C)(C)OCCn1ccc2cc(Cn3c(=O)ccc4cnc(NC5CCN(S(C)(=O)=O)CC5)nc43)ccc21. The van der Waals surface area contributed by atoms with Crippen LogP contribution in [-0.4, -0.2) is 72.1 Å². The van der Waals surface area contributed by atoms with Crippen molar-refractivity contribution in [1.29, 1.82) is 0 Å². The number of rotatable bonds is 9. The molecule has 42 heavy (non-hydrogen) atoms. The second-order valence-electron chi connectivity index (χ2n) is 12.8. The van der Waals surface area contributed by atoms with E-state index in [1.165, 1.54) is 10.6 Å². The van der Waals surface area contributed by atoms with Crippen molar-refractivity contribution in [1.82, 2.24) is 23.4 Å². The van der Waals surface area contributed by atoms with Crippen LogP contribution in [0, 0.1) is 0 Å². The maximum atomic E-state index is 13.0. The number of sulfonamides is 1. The Morgan fingerprint density at radius 2 is 1.81 bits per heavy atom. The number of nitrogens with zero attached hydrogens (tertiary/aromatic N) is 5. The van der Waals surface area contributed by atoms with Crippen LogP contribution in [-0.2, 0) is 27.5 Å². The van der Waals surface area contributed by atoms with Crippen LogP contribution >= 0.6 is 0 Å². The summed E-state index contributed by atoms with van der Waals surface area (Å²) in [6.07, 6.45) is 6.39. The lowest BCUT2D eigenvalue weighted by molar-refractivity contribution is 0.273. The molecule has 1 aromatic carbocycles. The average molecular weight is 611 g/mol. The third-order valence-electron chi connectivity index (χ3n) is 8.76. The molecular weight excluding hydrogens is 569 g/mol. The van der Waals surface area contributed by atoms with E-state index < -0.39 is 18.3 Å². The van der Waals surface area contributed by atoms with Crippen LogP contribution in [0.3, 0.4) is 0 Å². The summed E-state index contributed by atoms with van der Waals surface area (Å²) < 4.78 is 35.5. The topological polar surface area (TPSA) is 111 Å². The van der Waals surface area contributed by atoms with Gasteiger partial charge in [-0.1, -0.05) is 26.8 Å². The molecule has 4 heterocycles. The van der Waals surface area contributed by atoms with Crippen molar-refractivity contribution in [2.45, 2.75) is 70.9 Å². The van der Waals surface area contributed by atoms with Gasteiger partial charge in [-0.25, -0.2) is 17.7 Å². The van der Waals surface area contributed by atoms with Gasteiger partial charge in [0.05, 0.1) is 19.4 Å². The number of hydrogen-bond acceptors (Lipinski definition) is 7. The first-order chi connectivity index (χ1) is 19.7. The van der Waals surface area contributed by atoms with Crippen molar-refractivity contribution in [2.75, 3.05) is 31.3 Å². The molecule has 5 rings (SSSR count). The van der Waals surface area contributed by atoms with Gasteiger partial charge in [0.25, 0.3) is 5.56 Å². The highest BCUT2D eigenvalue weighted by atomic mass is 32.2. The molecule has 0 amide bonds. The van der Waals surface area contributed by atoms with Crippen LogP contribution in [0.5, 0.6) is 0 Å². The first kappa shape index (κ1) is 30.4. The number of nitrogens with one attached hydrogen (secondary N) is 1. The van der Waals surface area contributed by atoms with Crippen molar-refractivity contribution in [3.63, 3.8) is 0 Å². The Labute approximate surface area is 248 Å². The summed E-state index contributed by atoms with van der Waals surface area (Å²) in [7, 11) is -4.98. The summed E-state index contributed by atoms with van der Waals surface area (Å²) in [5.74, 6) is 0.437. The van der Waals surface area contributed by atoms with Crippen LogP contribution < -0.4 is 10.9 Å². The molecule has 0 aliphatic carbocycles. The summed E-state index contributed by atoms with van der Waals surface area (Å²) in [5.41, 5.74) is 2.58. The van der Waals surface area contributed by atoms with E-state index >= 15 is 0 Å². The highest BCUT2D eigenvalue weighted by molar-refractivity contribution is 7.88. The highest BCUT2D eigenvalue weighted by Crippen LogP contribution is 2.36. The summed E-state index contributed by atoms with van der Waals surface area (Å²) in [4.78, 5) is 22.2. The molecule has 3 aromatic heterocycles. The molecule has 1 aliphatic rings. The Kier molecular flexibility index (Phi) is 8.36. The van der Waals surface area contributed by atoms with E-state index in [4.69, 9.17) is 9.41 Å². The number of aromatic nitrogens is 4. The van der Waals surface area contributed by atoms with Crippen LogP contribution in [0.25, 0.3) is 21.9 Å². The maximum absolute atomic E-state index is 13.0. The Morgan fingerprint density at radius 1 is 1.07 bits per heavy atom. The molecule has 0 saturated carbocycles. The molecule has 4 aromatic rings. The number of anilines is 1. The molecule has 0 atom stereocenters. The number of benzene rings is 1. The Hall–Kier alpha value is -3.06. The fraction of sp³-hybridized carbons (Fsp3) is 0.500. The lowest BCUT2D eigenvalue weighted by atomic mass is 10.1. The van der Waals surface area contributed by atoms with Crippen molar-refractivity contribution < 1.29 is 12.8 Å². The standard InChI is InChI=1S/C30H42N6O4SSi/c1-30(2,3)42(5,6)40-18-17-34-14-11-23-19-22(7-9-26(23)34)21-36-27(37)10-8-24-20-31-29(33-28(24)36)32-25-12-15-35(16-13-25)41(4,38)39/h7-11,14,19-20,25H,12-13,15-18,21H2,1-6H3,(H,31,32,33). The fourth-order valence-electron chi connectivity index (χ4n) is 5.15. The van der Waals surface area contributed by atoms with E-state index in [9.17, 15) is 13.2 Å². The minimum absolute atomic E-state index is 0.0584. The molecule has 0 unspecified atom stereocenters. The van der Waals surface area contributed by atoms with Gasteiger partial charge < -0.3 is 14.3 Å². The smallest absolute Gasteiger partial charge is 0.252 e. The van der Waals surface area contributed by atoms with Gasteiger partial charge >= 0.3 is 0 Å². The van der Waals surface area contributed by atoms with Crippen LogP contribution in [0.1, 0.15) is 39.2 Å². The third-order valence-corrected chi connectivity index (χ3v) is 14.6. The first-order valence-electron chi connectivity index (χ1n) is 14.5. The van der Waals surface area contributed by atoms with Crippen molar-refractivity contribution in [2.24, 2.45) is 0 Å². The molecule has 1 N–H and O–H groups in total. The van der Waals surface area contributed by atoms with Gasteiger partial charge in [0, 0.05) is 55.0 Å². The Morgan fingerprint density at radius 3 is 2.50 bits per heavy atom. The van der Waals surface area contributed by atoms with Gasteiger partial charge in [-0.15, -0.1) is 0 Å². The molecule has 1 saturated heterocycles. The lowest BCUT2D eigenvalue weighted by Gasteiger charge is -2.36. The van der Waals surface area contributed by atoms with Crippen molar-refractivity contribution in [3.05, 3.63) is 64.7 Å². The van der Waals surface area contributed by atoms with Gasteiger partial charge in [-0.3, -0.25) is 9.36 Å². The minimum Gasteiger partial charge on any atom is -0.415 e. The third kappa shape index (κ3) is 6.61. The molecule has 10 nitrogen and oxygen atoms in total. The molecular formula is C30H42N6O4SSi. The van der Waals surface area contributed by atoms with Gasteiger partial charge in [-0.05, 0) is 66.2 Å². The quantitative estimate of drug-likeness (QED) is 0.275. The summed E-state index contributed by atoms with van der Waals surface area (Å²) in [6, 6.07) is 11.8. The summed E-state index contributed by atoms with van der Waals surface area (Å²) in [6.45, 7) is 14.1. The van der Waals surface area contributed by atoms with E-state index in [0.717, 1.165) is 28.4 Å². The molecule has 1 aliphatic heterocycles. The summed E-state index contributed by atoms with van der Waals surface area (Å²) >= 11 is 0. The van der Waals surface area contributed by atoms with Gasteiger partial charge in [0.15, 0.2) is 8.32 Å². The minimum atomic E-state index is -3.19. The zero-order valence-corrected chi connectivity index (χ0v) is 27.2. The molecule has 0 bridgehead atoms. The number of pyridine rings is 1. The van der Waals surface area contributed by atoms with Gasteiger partial charge in [0.2, 0.25) is 16.0 Å². The molecule has 12 heteroatoms. The van der Waals surface area contributed by atoms with Crippen molar-refractivity contribution in [3.8, 4) is 0 Å². The second-order valence-corrected chi connectivity index (χ2v) is 19.6. The van der Waals surface area contributed by atoms with E-state index in [2.05, 4.69) is 79.2 Å². The predicted molar refractivity (Wildman–Crippen MR) is 171 cm³/mol. The number of piperidine rings is 1. The second kappa shape index (κ2) is 11.6. The van der Waals surface area contributed by atoms with Crippen LogP contribution in [0.15, 0.2) is 53.6 Å². The predicted octanol–water partition coefficient (Wildman–Crippen LogP) is 4.65. The van der Waals surface area contributed by atoms with Crippen LogP contribution in [0.2, 0.25) is 18.1 Å². The number of fused-ring (bicyclic) bond motifs is 2. The van der Waals surface area contributed by atoms with Gasteiger partial charge in [0.1, 0.15) is 5.65 Å². The summed E-state index contributed by atoms with van der Waals surface area (Å²) in [5, 5.41) is 5.42. The van der Waals surface area contributed by atoms with Crippen LogP contribution in [0.4, 0.5) is 5.95 Å². The fourth-order valence-corrected chi connectivity index (χ4v) is 7.06. The largest absolute Gasteiger partial charge is 0.415 e. The maximum Gasteiger partial charge on any atom is 0.252 e. The molecule has 226 valence electrons. The van der Waals surface area contributed by atoms with E-state index in [0.29, 0.717) is 50.7 Å². The molecule has 0 spiro atoms. The zero-order chi connectivity index (χ0) is 30.3. The monoisotopic (exact) mass is 610 g/mol. The van der Waals surface area contributed by atoms with E-state index in [-0.39, 0.29) is 16.6 Å². The molecule has 1 fully saturated rings. The average Bonchev–Trinajstić information content (AvgIpc) is 3.31. The molecule has 0 radical (unpaired) electrons. The van der Waals surface area contributed by atoms with E-state index in [1.54, 1.807) is 22.9 Å². The van der Waals surface area contributed by atoms with Gasteiger partial charge in [-0.2, -0.15) is 4.98 Å². The van der Waals surface area contributed by atoms with Crippen molar-refractivity contribution >= 4 is 46.2 Å². The highest BCUT2D eigenvalue weighted by Gasteiger charge is 2.36. The first-order valence-corrected chi connectivity index (χ1v) is 19.3. The number of hydrogen-bond donors (Lipinski definition) is 1. The normalized spacial score (nSPS) is 16.0. The Bertz CT molecular complexity index is 1750. The Balaban J connectivity index is 1.31. The lowest BCUT2D eigenvalue weighted by Crippen LogP contribution is -2.42.